The Kier molecular flexibility index (Phi) is 6.60. The Bertz CT molecular complexity index is 1460. The molecule has 0 radical (unpaired) electrons. The molecule has 1 aliphatic rings. The molecule has 37 heavy (non-hydrogen) atoms. The summed E-state index contributed by atoms with van der Waals surface area (Å²) in [5, 5.41) is 11.2. The second kappa shape index (κ2) is 10.1. The highest BCUT2D eigenvalue weighted by molar-refractivity contribution is 6.46. The van der Waals surface area contributed by atoms with Gasteiger partial charge in [0.05, 0.1) is 24.4 Å². The number of hydrogen-bond donors (Lipinski definition) is 1. The smallest absolute Gasteiger partial charge is 0.296 e. The van der Waals surface area contributed by atoms with Crippen LogP contribution in [0, 0.1) is 12.7 Å². The molecule has 5 rings (SSSR count). The van der Waals surface area contributed by atoms with Crippen molar-refractivity contribution in [3.63, 3.8) is 0 Å². The number of aliphatic hydroxyl groups is 1. The van der Waals surface area contributed by atoms with Gasteiger partial charge >= 0.3 is 0 Å². The van der Waals surface area contributed by atoms with E-state index in [4.69, 9.17) is 9.15 Å². The zero-order valence-corrected chi connectivity index (χ0v) is 20.1. The third kappa shape index (κ3) is 4.89. The zero-order valence-electron chi connectivity index (χ0n) is 20.1. The Balaban J connectivity index is 1.47. The molecule has 1 amide bonds. The van der Waals surface area contributed by atoms with Crippen molar-refractivity contribution in [3.8, 4) is 5.75 Å². The summed E-state index contributed by atoms with van der Waals surface area (Å²) in [6.07, 6.45) is 1.47. The SMILES string of the molecule is Cc1ccccc1COc1ccc(C(O)=C2C(=O)C(=O)N(Cc3ccco3)C2c2ccc(F)cc2)cc1. The van der Waals surface area contributed by atoms with E-state index in [2.05, 4.69) is 0 Å². The normalized spacial score (nSPS) is 16.8. The summed E-state index contributed by atoms with van der Waals surface area (Å²) >= 11 is 0. The third-order valence-corrected chi connectivity index (χ3v) is 6.42. The maximum atomic E-state index is 13.6. The number of aliphatic hydroxyl groups excluding tert-OH is 1. The molecule has 1 fully saturated rings. The van der Waals surface area contributed by atoms with Crippen LogP contribution in [0.1, 0.15) is 34.1 Å². The molecule has 0 saturated carbocycles. The molecule has 0 bridgehead atoms. The van der Waals surface area contributed by atoms with Crippen molar-refractivity contribution in [1.29, 1.82) is 0 Å². The Hall–Kier alpha value is -4.65. The standard InChI is InChI=1S/C30H24FNO5/c1-19-5-2-3-6-22(19)18-37-24-14-10-21(11-15-24)28(33)26-27(20-8-12-23(31)13-9-20)32(30(35)29(26)34)17-25-7-4-16-36-25/h2-16,27,33H,17-18H2,1H3. The van der Waals surface area contributed by atoms with Crippen LogP contribution in [0.15, 0.2) is 101 Å². The highest BCUT2D eigenvalue weighted by Crippen LogP contribution is 2.40. The van der Waals surface area contributed by atoms with E-state index in [1.54, 1.807) is 36.4 Å². The number of carbonyl (C=O) groups is 2. The highest BCUT2D eigenvalue weighted by Gasteiger charge is 2.46. The van der Waals surface area contributed by atoms with Gasteiger partial charge in [0.1, 0.15) is 29.7 Å². The minimum absolute atomic E-state index is 0.0159. The van der Waals surface area contributed by atoms with E-state index in [0.717, 1.165) is 11.1 Å². The number of ketones is 1. The van der Waals surface area contributed by atoms with E-state index in [1.807, 2.05) is 31.2 Å². The number of rotatable bonds is 7. The minimum Gasteiger partial charge on any atom is -0.507 e. The zero-order chi connectivity index (χ0) is 25.9. The van der Waals surface area contributed by atoms with Crippen LogP contribution < -0.4 is 4.74 Å². The van der Waals surface area contributed by atoms with Crippen molar-refractivity contribution < 1.29 is 28.2 Å². The van der Waals surface area contributed by atoms with Crippen LogP contribution >= 0.6 is 0 Å². The third-order valence-electron chi connectivity index (χ3n) is 6.42. The molecule has 4 aromatic rings. The number of carbonyl (C=O) groups excluding carboxylic acids is 2. The topological polar surface area (TPSA) is 80.0 Å². The Morgan fingerprint density at radius 1 is 0.973 bits per heavy atom. The van der Waals surface area contributed by atoms with Crippen LogP contribution in [-0.4, -0.2) is 21.7 Å². The van der Waals surface area contributed by atoms with Crippen molar-refractivity contribution in [2.45, 2.75) is 26.1 Å². The molecule has 1 saturated heterocycles. The Labute approximate surface area is 213 Å². The molecule has 6 nitrogen and oxygen atoms in total. The molecule has 2 heterocycles. The number of hydrogen-bond acceptors (Lipinski definition) is 5. The number of Topliss-reactive ketones (excluding diaryl/α,β-unsaturated/α-hetero) is 1. The van der Waals surface area contributed by atoms with Gasteiger partial charge in [-0.1, -0.05) is 36.4 Å². The van der Waals surface area contributed by atoms with Gasteiger partial charge < -0.3 is 19.2 Å². The van der Waals surface area contributed by atoms with Crippen molar-refractivity contribution in [2.24, 2.45) is 0 Å². The molecule has 0 spiro atoms. The first kappa shape index (κ1) is 24.1. The number of aryl methyl sites for hydroxylation is 1. The first-order chi connectivity index (χ1) is 17.9. The van der Waals surface area contributed by atoms with Crippen LogP contribution in [0.3, 0.4) is 0 Å². The molecule has 1 N–H and O–H groups in total. The van der Waals surface area contributed by atoms with Gasteiger partial charge in [-0.15, -0.1) is 0 Å². The van der Waals surface area contributed by atoms with Crippen molar-refractivity contribution >= 4 is 17.4 Å². The molecule has 1 aromatic heterocycles. The van der Waals surface area contributed by atoms with Crippen LogP contribution in [0.4, 0.5) is 4.39 Å². The molecular formula is C30H24FNO5. The van der Waals surface area contributed by atoms with Gasteiger partial charge in [0.15, 0.2) is 0 Å². The quantitative estimate of drug-likeness (QED) is 0.195. The average molecular weight is 498 g/mol. The van der Waals surface area contributed by atoms with Crippen LogP contribution in [0.25, 0.3) is 5.76 Å². The summed E-state index contributed by atoms with van der Waals surface area (Å²) in [5.41, 5.74) is 2.96. The van der Waals surface area contributed by atoms with Gasteiger partial charge in [0.25, 0.3) is 11.7 Å². The van der Waals surface area contributed by atoms with Gasteiger partial charge in [-0.05, 0) is 72.1 Å². The molecule has 3 aromatic carbocycles. The minimum atomic E-state index is -0.914. The predicted molar refractivity (Wildman–Crippen MR) is 135 cm³/mol. The van der Waals surface area contributed by atoms with Gasteiger partial charge in [0.2, 0.25) is 0 Å². The summed E-state index contributed by atoms with van der Waals surface area (Å²) in [7, 11) is 0. The number of nitrogens with zero attached hydrogens (tertiary/aromatic N) is 1. The molecule has 1 atom stereocenters. The van der Waals surface area contributed by atoms with Crippen molar-refractivity contribution in [3.05, 3.63) is 131 Å². The molecular weight excluding hydrogens is 473 g/mol. The van der Waals surface area contributed by atoms with Crippen molar-refractivity contribution in [1.82, 2.24) is 4.90 Å². The van der Waals surface area contributed by atoms with Gasteiger partial charge in [-0.2, -0.15) is 0 Å². The summed E-state index contributed by atoms with van der Waals surface area (Å²) in [6.45, 7) is 2.42. The lowest BCUT2D eigenvalue weighted by Crippen LogP contribution is -2.29. The monoisotopic (exact) mass is 497 g/mol. The van der Waals surface area contributed by atoms with E-state index in [9.17, 15) is 19.1 Å². The van der Waals surface area contributed by atoms with E-state index in [1.165, 1.54) is 35.4 Å². The fraction of sp³-hybridized carbons (Fsp3) is 0.133. The number of furan rings is 1. The number of likely N-dealkylation sites (tertiary alicyclic amines) is 1. The van der Waals surface area contributed by atoms with E-state index >= 15 is 0 Å². The highest BCUT2D eigenvalue weighted by atomic mass is 19.1. The van der Waals surface area contributed by atoms with Crippen LogP contribution in [-0.2, 0) is 22.7 Å². The molecule has 1 unspecified atom stereocenters. The lowest BCUT2D eigenvalue weighted by molar-refractivity contribution is -0.140. The Morgan fingerprint density at radius 2 is 1.70 bits per heavy atom. The van der Waals surface area contributed by atoms with E-state index in [0.29, 0.717) is 29.2 Å². The first-order valence-electron chi connectivity index (χ1n) is 11.8. The maximum Gasteiger partial charge on any atom is 0.296 e. The fourth-order valence-electron chi connectivity index (χ4n) is 4.40. The molecule has 186 valence electrons. The Morgan fingerprint density at radius 3 is 2.38 bits per heavy atom. The molecule has 7 heteroatoms. The summed E-state index contributed by atoms with van der Waals surface area (Å²) in [4.78, 5) is 27.5. The van der Waals surface area contributed by atoms with Gasteiger partial charge in [-0.25, -0.2) is 4.39 Å². The van der Waals surface area contributed by atoms with Gasteiger partial charge in [-0.3, -0.25) is 9.59 Å². The largest absolute Gasteiger partial charge is 0.507 e. The van der Waals surface area contributed by atoms with Gasteiger partial charge in [0, 0.05) is 5.56 Å². The predicted octanol–water partition coefficient (Wildman–Crippen LogP) is 5.93. The fourth-order valence-corrected chi connectivity index (χ4v) is 4.40. The van der Waals surface area contributed by atoms with E-state index in [-0.39, 0.29) is 17.9 Å². The lowest BCUT2D eigenvalue weighted by atomic mass is 9.95. The molecule has 0 aliphatic carbocycles. The lowest BCUT2D eigenvalue weighted by Gasteiger charge is -2.24. The number of benzene rings is 3. The summed E-state index contributed by atoms with van der Waals surface area (Å²) in [6, 6.07) is 22.5. The van der Waals surface area contributed by atoms with Crippen molar-refractivity contribution in [2.75, 3.05) is 0 Å². The number of amides is 1. The number of halogens is 1. The first-order valence-corrected chi connectivity index (χ1v) is 11.8. The van der Waals surface area contributed by atoms with Crippen LogP contribution in [0.2, 0.25) is 0 Å². The molecule has 1 aliphatic heterocycles. The summed E-state index contributed by atoms with van der Waals surface area (Å²) in [5.74, 6) is -1.30. The van der Waals surface area contributed by atoms with E-state index < -0.39 is 23.5 Å². The van der Waals surface area contributed by atoms with Crippen LogP contribution in [0.5, 0.6) is 5.75 Å². The maximum absolute atomic E-state index is 13.6. The second-order valence-corrected chi connectivity index (χ2v) is 8.80. The number of ether oxygens (including phenoxy) is 1. The average Bonchev–Trinajstić information content (AvgIpc) is 3.51. The second-order valence-electron chi connectivity index (χ2n) is 8.80. The summed E-state index contributed by atoms with van der Waals surface area (Å²) < 4.78 is 24.9.